The van der Waals surface area contributed by atoms with Gasteiger partial charge in [0.2, 0.25) is 0 Å². The van der Waals surface area contributed by atoms with E-state index < -0.39 is 42.2 Å². The van der Waals surface area contributed by atoms with Crippen molar-refractivity contribution in [3.63, 3.8) is 0 Å². The predicted molar refractivity (Wildman–Crippen MR) is 76.8 cm³/mol. The van der Waals surface area contributed by atoms with Gasteiger partial charge in [-0.2, -0.15) is 0 Å². The first-order valence-corrected chi connectivity index (χ1v) is 6.98. The van der Waals surface area contributed by atoms with E-state index in [2.05, 4.69) is 4.98 Å². The number of aliphatic hydroxyl groups is 2. The Balaban J connectivity index is 2.23. The molecule has 0 aliphatic heterocycles. The van der Waals surface area contributed by atoms with Crippen LogP contribution in [0.15, 0.2) is 34.9 Å². The van der Waals surface area contributed by atoms with Gasteiger partial charge in [-0.05, 0) is 18.6 Å². The summed E-state index contributed by atoms with van der Waals surface area (Å²) in [5, 5.41) is 19.2. The number of nitrogens with zero attached hydrogens (tertiary/aromatic N) is 1. The van der Waals surface area contributed by atoms with Crippen molar-refractivity contribution >= 4 is 10.9 Å². The number of alkyl halides is 1. The van der Waals surface area contributed by atoms with Gasteiger partial charge in [0.05, 0.1) is 24.3 Å². The third-order valence-electron chi connectivity index (χ3n) is 4.35. The van der Waals surface area contributed by atoms with Gasteiger partial charge in [0, 0.05) is 18.3 Å². The highest BCUT2D eigenvalue weighted by Gasteiger charge is 2.47. The van der Waals surface area contributed by atoms with Gasteiger partial charge in [-0.15, -0.1) is 0 Å². The fourth-order valence-corrected chi connectivity index (χ4v) is 3.32. The zero-order chi connectivity index (χ0) is 16.0. The molecule has 7 heteroatoms. The van der Waals surface area contributed by atoms with E-state index in [-0.39, 0.29) is 10.9 Å². The molecular formula is C15H16F2N2O3. The zero-order valence-corrected chi connectivity index (χ0v) is 11.8. The van der Waals surface area contributed by atoms with E-state index >= 15 is 0 Å². The van der Waals surface area contributed by atoms with Gasteiger partial charge in [0.15, 0.2) is 12.0 Å². The zero-order valence-electron chi connectivity index (χ0n) is 11.8. The van der Waals surface area contributed by atoms with Crippen LogP contribution in [0, 0.1) is 11.7 Å². The first-order chi connectivity index (χ1) is 10.5. The fourth-order valence-electron chi connectivity index (χ4n) is 3.32. The first-order valence-electron chi connectivity index (χ1n) is 6.98. The molecule has 0 spiro atoms. The molecule has 0 radical (unpaired) electrons. The van der Waals surface area contributed by atoms with Gasteiger partial charge in [-0.3, -0.25) is 4.79 Å². The smallest absolute Gasteiger partial charge is 0.260 e. The van der Waals surface area contributed by atoms with Crippen LogP contribution in [0.3, 0.4) is 0 Å². The summed E-state index contributed by atoms with van der Waals surface area (Å²) in [6.45, 7) is 1.27. The summed E-state index contributed by atoms with van der Waals surface area (Å²) >= 11 is 0. The second-order valence-electron chi connectivity index (χ2n) is 5.41. The molecule has 1 fully saturated rings. The Hall–Kier alpha value is -1.99. The Bertz CT molecular complexity index is 796. The van der Waals surface area contributed by atoms with Gasteiger partial charge in [0.25, 0.3) is 5.56 Å². The molecule has 118 valence electrons. The van der Waals surface area contributed by atoms with Crippen LogP contribution >= 0.6 is 0 Å². The number of rotatable bonds is 2. The molecule has 4 atom stereocenters. The summed E-state index contributed by atoms with van der Waals surface area (Å²) < 4.78 is 29.9. The maximum absolute atomic E-state index is 14.5. The van der Waals surface area contributed by atoms with Crippen molar-refractivity contribution in [1.82, 2.24) is 9.55 Å². The summed E-state index contributed by atoms with van der Waals surface area (Å²) in [4.78, 5) is 14.1. The number of H-pyrrole nitrogens is 1. The number of aromatic amines is 1. The number of pyridine rings is 1. The van der Waals surface area contributed by atoms with Crippen molar-refractivity contribution in [2.24, 2.45) is 5.92 Å². The Morgan fingerprint density at radius 1 is 1.50 bits per heavy atom. The van der Waals surface area contributed by atoms with Crippen LogP contribution in [0.25, 0.3) is 10.9 Å². The molecule has 2 aromatic heterocycles. The number of hydrogen-bond donors (Lipinski definition) is 3. The average Bonchev–Trinajstić information content (AvgIpc) is 2.95. The first kappa shape index (κ1) is 14.9. The minimum atomic E-state index is -1.70. The van der Waals surface area contributed by atoms with Crippen molar-refractivity contribution < 1.29 is 19.0 Å². The van der Waals surface area contributed by atoms with Crippen molar-refractivity contribution in [3.05, 3.63) is 46.3 Å². The highest BCUT2D eigenvalue weighted by Crippen LogP contribution is 2.43. The minimum absolute atomic E-state index is 0.146. The van der Waals surface area contributed by atoms with E-state index in [9.17, 15) is 23.8 Å². The molecule has 3 rings (SSSR count). The summed E-state index contributed by atoms with van der Waals surface area (Å²) in [6, 6.07) is 0.532. The van der Waals surface area contributed by atoms with Crippen LogP contribution in [0.2, 0.25) is 0 Å². The van der Waals surface area contributed by atoms with Gasteiger partial charge in [0.1, 0.15) is 5.39 Å². The maximum atomic E-state index is 14.5. The molecule has 1 saturated carbocycles. The highest BCUT2D eigenvalue weighted by molar-refractivity contribution is 5.80. The standard InChI is InChI=1S/C15H16F2N2O3/c1-2-7-8(6-20)14(21)12(17)13(7)19-5-9(16)11-10(19)3-4-18-15(11)22/h2-5,8,12-14,20-21H,6H2,1H3,(H,18,22)/t8-,12?,13+,14+/m0/s1. The van der Waals surface area contributed by atoms with Crippen molar-refractivity contribution in [3.8, 4) is 0 Å². The lowest BCUT2D eigenvalue weighted by molar-refractivity contribution is 0.0426. The van der Waals surface area contributed by atoms with Crippen LogP contribution in [0.1, 0.15) is 13.0 Å². The number of halogens is 2. The Morgan fingerprint density at radius 3 is 2.86 bits per heavy atom. The number of aromatic nitrogens is 2. The van der Waals surface area contributed by atoms with E-state index in [1.165, 1.54) is 16.8 Å². The lowest BCUT2D eigenvalue weighted by Gasteiger charge is -2.19. The second kappa shape index (κ2) is 5.33. The molecular weight excluding hydrogens is 294 g/mol. The molecule has 5 nitrogen and oxygen atoms in total. The molecule has 1 aliphatic carbocycles. The second-order valence-corrected chi connectivity index (χ2v) is 5.41. The largest absolute Gasteiger partial charge is 0.396 e. The Labute approximate surface area is 124 Å². The Kier molecular flexibility index (Phi) is 3.62. The third kappa shape index (κ3) is 1.93. The molecule has 0 amide bonds. The number of fused-ring (bicyclic) bond motifs is 1. The molecule has 0 bridgehead atoms. The van der Waals surface area contributed by atoms with Crippen LogP contribution in [-0.2, 0) is 0 Å². The van der Waals surface area contributed by atoms with Gasteiger partial charge < -0.3 is 19.8 Å². The lowest BCUT2D eigenvalue weighted by Crippen LogP contribution is -2.26. The number of nitrogens with one attached hydrogen (secondary N) is 1. The van der Waals surface area contributed by atoms with E-state index in [1.807, 2.05) is 0 Å². The number of allylic oxidation sites excluding steroid dienone is 1. The quantitative estimate of drug-likeness (QED) is 0.731. The molecule has 2 heterocycles. The third-order valence-corrected chi connectivity index (χ3v) is 4.35. The van der Waals surface area contributed by atoms with E-state index in [4.69, 9.17) is 0 Å². The topological polar surface area (TPSA) is 78.2 Å². The minimum Gasteiger partial charge on any atom is -0.396 e. The van der Waals surface area contributed by atoms with Crippen molar-refractivity contribution in [1.29, 1.82) is 0 Å². The maximum Gasteiger partial charge on any atom is 0.260 e. The predicted octanol–water partition coefficient (Wildman–Crippen LogP) is 1.28. The highest BCUT2D eigenvalue weighted by atomic mass is 19.1. The SMILES string of the molecule is CC=C1[C@@H](n2cc(F)c3c(=O)[nH]ccc32)C(F)[C@H](O)[C@H]1CO. The monoisotopic (exact) mass is 310 g/mol. The van der Waals surface area contributed by atoms with E-state index in [1.54, 1.807) is 13.0 Å². The summed E-state index contributed by atoms with van der Waals surface area (Å²) in [6.07, 6.45) is 0.970. The van der Waals surface area contributed by atoms with Crippen LogP contribution in [0.5, 0.6) is 0 Å². The van der Waals surface area contributed by atoms with E-state index in [0.29, 0.717) is 5.57 Å². The lowest BCUT2D eigenvalue weighted by atomic mass is 10.0. The summed E-state index contributed by atoms with van der Waals surface area (Å²) in [5.74, 6) is -1.49. The summed E-state index contributed by atoms with van der Waals surface area (Å²) in [7, 11) is 0. The fraction of sp³-hybridized carbons (Fsp3) is 0.400. The number of hydrogen-bond acceptors (Lipinski definition) is 3. The van der Waals surface area contributed by atoms with Crippen molar-refractivity contribution in [2.75, 3.05) is 6.61 Å². The Morgan fingerprint density at radius 2 is 2.23 bits per heavy atom. The number of aliphatic hydroxyl groups excluding tert-OH is 2. The normalized spacial score (nSPS) is 30.5. The van der Waals surface area contributed by atoms with Gasteiger partial charge >= 0.3 is 0 Å². The van der Waals surface area contributed by atoms with Crippen molar-refractivity contribution in [2.45, 2.75) is 25.2 Å². The van der Waals surface area contributed by atoms with Gasteiger partial charge in [-0.25, -0.2) is 8.78 Å². The molecule has 22 heavy (non-hydrogen) atoms. The van der Waals surface area contributed by atoms with Crippen LogP contribution in [-0.4, -0.2) is 38.6 Å². The van der Waals surface area contributed by atoms with Crippen LogP contribution < -0.4 is 5.56 Å². The van der Waals surface area contributed by atoms with Gasteiger partial charge in [-0.1, -0.05) is 6.08 Å². The molecule has 3 N–H and O–H groups in total. The molecule has 0 aromatic carbocycles. The molecule has 1 aliphatic rings. The molecule has 0 saturated heterocycles. The molecule has 2 aromatic rings. The van der Waals surface area contributed by atoms with E-state index in [0.717, 1.165) is 6.20 Å². The van der Waals surface area contributed by atoms with Crippen LogP contribution in [0.4, 0.5) is 8.78 Å². The average molecular weight is 310 g/mol. The molecule has 1 unspecified atom stereocenters. The summed E-state index contributed by atoms with van der Waals surface area (Å²) in [5.41, 5.74) is 0.141.